The molecule has 0 atom stereocenters. The minimum Gasteiger partial charge on any atom is -0.396 e. The van der Waals surface area contributed by atoms with Gasteiger partial charge in [-0.2, -0.15) is 18.3 Å². The van der Waals surface area contributed by atoms with Crippen LogP contribution in [0.2, 0.25) is 0 Å². The fraction of sp³-hybridized carbons (Fsp3) is 0.700. The molecule has 0 aliphatic heterocycles. The number of aromatic nitrogens is 2. The van der Waals surface area contributed by atoms with Crippen molar-refractivity contribution >= 4 is 0 Å². The summed E-state index contributed by atoms with van der Waals surface area (Å²) < 4.78 is 39.0. The van der Waals surface area contributed by atoms with Crippen LogP contribution in [0.5, 0.6) is 0 Å². The van der Waals surface area contributed by atoms with E-state index in [2.05, 4.69) is 5.10 Å². The van der Waals surface area contributed by atoms with Crippen molar-refractivity contribution in [1.29, 1.82) is 0 Å². The van der Waals surface area contributed by atoms with Gasteiger partial charge in [-0.05, 0) is 11.8 Å². The summed E-state index contributed by atoms with van der Waals surface area (Å²) in [6, 6.07) is 0. The molecule has 0 amide bonds. The number of hydrogen-bond donors (Lipinski definition) is 1. The first kappa shape index (κ1) is 13.0. The van der Waals surface area contributed by atoms with Crippen molar-refractivity contribution in [3.63, 3.8) is 0 Å². The van der Waals surface area contributed by atoms with Crippen LogP contribution in [0.1, 0.15) is 25.1 Å². The van der Waals surface area contributed by atoms with Crippen molar-refractivity contribution in [2.24, 2.45) is 12.5 Å². The smallest absolute Gasteiger partial charge is 0.396 e. The van der Waals surface area contributed by atoms with Crippen molar-refractivity contribution in [2.75, 3.05) is 6.61 Å². The van der Waals surface area contributed by atoms with Crippen molar-refractivity contribution in [3.8, 4) is 0 Å². The molecular formula is C10H15F3N2O. The summed E-state index contributed by atoms with van der Waals surface area (Å²) in [7, 11) is 1.45. The number of rotatable bonds is 3. The maximum absolute atomic E-state index is 12.6. The van der Waals surface area contributed by atoms with Gasteiger partial charge in [0.15, 0.2) is 5.69 Å². The topological polar surface area (TPSA) is 38.0 Å². The highest BCUT2D eigenvalue weighted by atomic mass is 19.4. The van der Waals surface area contributed by atoms with Crippen LogP contribution in [0.15, 0.2) is 6.20 Å². The Bertz CT molecular complexity index is 369. The van der Waals surface area contributed by atoms with E-state index in [1.807, 2.05) is 0 Å². The van der Waals surface area contributed by atoms with Crippen LogP contribution in [0.3, 0.4) is 0 Å². The van der Waals surface area contributed by atoms with Gasteiger partial charge in [0, 0.05) is 25.4 Å². The van der Waals surface area contributed by atoms with Gasteiger partial charge in [-0.3, -0.25) is 4.68 Å². The largest absolute Gasteiger partial charge is 0.435 e. The molecule has 1 heterocycles. The van der Waals surface area contributed by atoms with Gasteiger partial charge in [0.25, 0.3) is 0 Å². The summed E-state index contributed by atoms with van der Waals surface area (Å²) >= 11 is 0. The van der Waals surface area contributed by atoms with Gasteiger partial charge in [0.05, 0.1) is 0 Å². The first-order chi connectivity index (χ1) is 7.15. The maximum atomic E-state index is 12.6. The summed E-state index contributed by atoms with van der Waals surface area (Å²) in [5.74, 6) is 0. The lowest BCUT2D eigenvalue weighted by Gasteiger charge is -2.21. The molecule has 0 aliphatic rings. The molecule has 1 rings (SSSR count). The fourth-order valence-corrected chi connectivity index (χ4v) is 1.48. The van der Waals surface area contributed by atoms with Crippen molar-refractivity contribution in [3.05, 3.63) is 17.5 Å². The lowest BCUT2D eigenvalue weighted by atomic mass is 9.87. The minimum atomic E-state index is -4.44. The second-order valence-electron chi connectivity index (χ2n) is 4.67. The molecule has 16 heavy (non-hydrogen) atoms. The standard InChI is InChI=1S/C10H15F3N2O/c1-9(2,6-16)4-7-5-15(3)14-8(7)10(11,12)13/h5,16H,4,6H2,1-3H3. The fourth-order valence-electron chi connectivity index (χ4n) is 1.48. The highest BCUT2D eigenvalue weighted by Crippen LogP contribution is 2.33. The van der Waals surface area contributed by atoms with E-state index in [-0.39, 0.29) is 18.6 Å². The van der Waals surface area contributed by atoms with Crippen LogP contribution in [-0.4, -0.2) is 21.5 Å². The molecule has 0 aromatic carbocycles. The molecule has 6 heteroatoms. The maximum Gasteiger partial charge on any atom is 0.435 e. The lowest BCUT2D eigenvalue weighted by molar-refractivity contribution is -0.142. The molecule has 3 nitrogen and oxygen atoms in total. The summed E-state index contributed by atoms with van der Waals surface area (Å²) in [6.45, 7) is 3.25. The molecule has 0 radical (unpaired) electrons. The SMILES string of the molecule is Cn1cc(CC(C)(C)CO)c(C(F)(F)F)n1. The van der Waals surface area contributed by atoms with E-state index in [9.17, 15) is 13.2 Å². The minimum absolute atomic E-state index is 0.119. The average Bonchev–Trinajstić information content (AvgIpc) is 2.45. The Labute approximate surface area is 91.9 Å². The number of alkyl halides is 3. The Hall–Kier alpha value is -1.04. The third-order valence-corrected chi connectivity index (χ3v) is 2.27. The number of halogens is 3. The van der Waals surface area contributed by atoms with Crippen molar-refractivity contribution in [2.45, 2.75) is 26.4 Å². The monoisotopic (exact) mass is 236 g/mol. The van der Waals surface area contributed by atoms with E-state index in [1.54, 1.807) is 13.8 Å². The van der Waals surface area contributed by atoms with E-state index >= 15 is 0 Å². The molecule has 0 saturated carbocycles. The average molecular weight is 236 g/mol. The first-order valence-electron chi connectivity index (χ1n) is 4.86. The highest BCUT2D eigenvalue weighted by Gasteiger charge is 2.38. The molecule has 0 bridgehead atoms. The highest BCUT2D eigenvalue weighted by molar-refractivity contribution is 5.21. The second-order valence-corrected chi connectivity index (χ2v) is 4.67. The van der Waals surface area contributed by atoms with Gasteiger partial charge >= 0.3 is 6.18 Å². The van der Waals surface area contributed by atoms with Crippen molar-refractivity contribution < 1.29 is 18.3 Å². The third kappa shape index (κ3) is 2.98. The molecule has 92 valence electrons. The van der Waals surface area contributed by atoms with Gasteiger partial charge in [-0.1, -0.05) is 13.8 Å². The summed E-state index contributed by atoms with van der Waals surface area (Å²) in [5, 5.41) is 12.5. The van der Waals surface area contributed by atoms with Gasteiger partial charge in [-0.25, -0.2) is 0 Å². The Balaban J connectivity index is 3.05. The zero-order valence-electron chi connectivity index (χ0n) is 9.47. The van der Waals surface area contributed by atoms with Crippen LogP contribution >= 0.6 is 0 Å². The zero-order valence-corrected chi connectivity index (χ0v) is 9.47. The van der Waals surface area contributed by atoms with Gasteiger partial charge in [0.1, 0.15) is 0 Å². The van der Waals surface area contributed by atoms with E-state index in [0.29, 0.717) is 0 Å². The van der Waals surface area contributed by atoms with Gasteiger partial charge in [-0.15, -0.1) is 0 Å². The number of aryl methyl sites for hydroxylation is 1. The molecule has 0 unspecified atom stereocenters. The Morgan fingerprint density at radius 3 is 2.38 bits per heavy atom. The summed E-state index contributed by atoms with van der Waals surface area (Å²) in [6.07, 6.45) is -2.95. The van der Waals surface area contributed by atoms with E-state index in [4.69, 9.17) is 5.11 Å². The third-order valence-electron chi connectivity index (χ3n) is 2.27. The Morgan fingerprint density at radius 1 is 1.38 bits per heavy atom. The molecule has 0 aliphatic carbocycles. The molecule has 0 saturated heterocycles. The van der Waals surface area contributed by atoms with E-state index < -0.39 is 17.3 Å². The van der Waals surface area contributed by atoms with Crippen LogP contribution < -0.4 is 0 Å². The second kappa shape index (κ2) is 4.08. The molecule has 1 N–H and O–H groups in total. The molecule has 1 aromatic rings. The Kier molecular flexibility index (Phi) is 3.33. The molecule has 0 fully saturated rings. The van der Waals surface area contributed by atoms with Crippen LogP contribution in [0.25, 0.3) is 0 Å². The predicted molar refractivity (Wildman–Crippen MR) is 52.8 cm³/mol. The predicted octanol–water partition coefficient (Wildman–Crippen LogP) is 2.00. The normalized spacial score (nSPS) is 13.2. The van der Waals surface area contributed by atoms with Crippen molar-refractivity contribution in [1.82, 2.24) is 9.78 Å². The molecule has 0 spiro atoms. The van der Waals surface area contributed by atoms with Gasteiger partial charge < -0.3 is 5.11 Å². The van der Waals surface area contributed by atoms with Crippen LogP contribution in [0.4, 0.5) is 13.2 Å². The van der Waals surface area contributed by atoms with Gasteiger partial charge in [0.2, 0.25) is 0 Å². The Morgan fingerprint density at radius 2 is 1.94 bits per heavy atom. The number of aliphatic hydroxyl groups is 1. The summed E-state index contributed by atoms with van der Waals surface area (Å²) in [4.78, 5) is 0. The van der Waals surface area contributed by atoms with Crippen LogP contribution in [0, 0.1) is 5.41 Å². The van der Waals surface area contributed by atoms with E-state index in [1.165, 1.54) is 13.2 Å². The molecular weight excluding hydrogens is 221 g/mol. The number of nitrogens with zero attached hydrogens (tertiary/aromatic N) is 2. The summed E-state index contributed by atoms with van der Waals surface area (Å²) in [5.41, 5.74) is -1.33. The lowest BCUT2D eigenvalue weighted by Crippen LogP contribution is -2.21. The first-order valence-corrected chi connectivity index (χ1v) is 4.86. The quantitative estimate of drug-likeness (QED) is 0.871. The number of hydrogen-bond acceptors (Lipinski definition) is 2. The number of aliphatic hydroxyl groups excluding tert-OH is 1. The van der Waals surface area contributed by atoms with E-state index in [0.717, 1.165) is 4.68 Å². The van der Waals surface area contributed by atoms with Crippen LogP contribution in [-0.2, 0) is 19.6 Å². The molecule has 1 aromatic heterocycles. The zero-order chi connectivity index (χ0) is 12.6.